The number of benzene rings is 1. The molecule has 0 fully saturated rings. The van der Waals surface area contributed by atoms with Crippen LogP contribution < -0.4 is 25.4 Å². The van der Waals surface area contributed by atoms with Gasteiger partial charge in [-0.25, -0.2) is 4.79 Å². The number of hydrogen-bond acceptors (Lipinski definition) is 5. The highest BCUT2D eigenvalue weighted by atomic mass is 16.6. The van der Waals surface area contributed by atoms with Gasteiger partial charge >= 0.3 is 6.09 Å². The van der Waals surface area contributed by atoms with Crippen molar-refractivity contribution >= 4 is 12.1 Å². The zero-order valence-corrected chi connectivity index (χ0v) is 18.6. The maximum absolute atomic E-state index is 11.6. The number of alkyl carbamates (subject to hydrolysis) is 1. The number of amides is 1. The number of nitrogens with zero attached hydrogens (tertiary/aromatic N) is 1. The van der Waals surface area contributed by atoms with Gasteiger partial charge in [0.05, 0.1) is 14.2 Å². The summed E-state index contributed by atoms with van der Waals surface area (Å²) in [6.45, 7) is 7.56. The zero-order valence-electron chi connectivity index (χ0n) is 18.6. The number of rotatable bonds is 10. The van der Waals surface area contributed by atoms with Gasteiger partial charge < -0.3 is 30.2 Å². The van der Waals surface area contributed by atoms with Crippen molar-refractivity contribution in [3.05, 3.63) is 23.8 Å². The lowest BCUT2D eigenvalue weighted by molar-refractivity contribution is 0.0527. The van der Waals surface area contributed by atoms with Crippen LogP contribution in [0.25, 0.3) is 0 Å². The maximum Gasteiger partial charge on any atom is 0.407 e. The molecule has 164 valence electrons. The van der Waals surface area contributed by atoms with E-state index < -0.39 is 11.7 Å². The van der Waals surface area contributed by atoms with Gasteiger partial charge in [0.25, 0.3) is 0 Å². The van der Waals surface area contributed by atoms with Crippen LogP contribution in [-0.4, -0.2) is 58.6 Å². The first-order valence-corrected chi connectivity index (χ1v) is 9.91. The molecule has 1 rings (SSSR count). The van der Waals surface area contributed by atoms with E-state index in [0.29, 0.717) is 13.1 Å². The van der Waals surface area contributed by atoms with Crippen LogP contribution in [0, 0.1) is 0 Å². The summed E-state index contributed by atoms with van der Waals surface area (Å²) >= 11 is 0. The summed E-state index contributed by atoms with van der Waals surface area (Å²) < 4.78 is 15.8. The SMILES string of the molecule is CN=C(NCCCNC(=O)OC(C)(C)C)NCCCc1ccc(OC)c(OC)c1. The Morgan fingerprint density at radius 2 is 1.59 bits per heavy atom. The molecule has 0 spiro atoms. The first kappa shape index (κ1) is 24.4. The molecule has 3 N–H and O–H groups in total. The Kier molecular flexibility index (Phi) is 10.7. The van der Waals surface area contributed by atoms with Crippen molar-refractivity contribution in [2.24, 2.45) is 4.99 Å². The second-order valence-corrected chi connectivity index (χ2v) is 7.50. The molecule has 0 aliphatic heterocycles. The maximum atomic E-state index is 11.6. The smallest absolute Gasteiger partial charge is 0.407 e. The van der Waals surface area contributed by atoms with E-state index in [-0.39, 0.29) is 0 Å². The van der Waals surface area contributed by atoms with E-state index in [9.17, 15) is 4.79 Å². The average molecular weight is 409 g/mol. The van der Waals surface area contributed by atoms with Gasteiger partial charge in [0.15, 0.2) is 17.5 Å². The number of hydrogen-bond donors (Lipinski definition) is 3. The summed E-state index contributed by atoms with van der Waals surface area (Å²) in [7, 11) is 5.01. The van der Waals surface area contributed by atoms with E-state index in [1.165, 1.54) is 5.56 Å². The quantitative estimate of drug-likeness (QED) is 0.313. The molecule has 0 atom stereocenters. The molecule has 0 heterocycles. The number of guanidine groups is 1. The van der Waals surface area contributed by atoms with Crippen molar-refractivity contribution in [3.8, 4) is 11.5 Å². The predicted octanol–water partition coefficient (Wildman–Crippen LogP) is 2.72. The number of aryl methyl sites for hydroxylation is 1. The predicted molar refractivity (Wildman–Crippen MR) is 116 cm³/mol. The summed E-state index contributed by atoms with van der Waals surface area (Å²) in [5, 5.41) is 9.26. The lowest BCUT2D eigenvalue weighted by atomic mass is 10.1. The van der Waals surface area contributed by atoms with Gasteiger partial charge in [-0.1, -0.05) is 6.07 Å². The Morgan fingerprint density at radius 3 is 2.17 bits per heavy atom. The van der Waals surface area contributed by atoms with Crippen molar-refractivity contribution in [1.82, 2.24) is 16.0 Å². The molecule has 0 radical (unpaired) electrons. The van der Waals surface area contributed by atoms with Gasteiger partial charge in [0.2, 0.25) is 0 Å². The van der Waals surface area contributed by atoms with Gasteiger partial charge in [0, 0.05) is 26.7 Å². The van der Waals surface area contributed by atoms with Crippen molar-refractivity contribution in [3.63, 3.8) is 0 Å². The number of ether oxygens (including phenoxy) is 3. The first-order chi connectivity index (χ1) is 13.8. The number of methoxy groups -OCH3 is 2. The monoisotopic (exact) mass is 408 g/mol. The van der Waals surface area contributed by atoms with E-state index in [1.807, 2.05) is 39.0 Å². The Morgan fingerprint density at radius 1 is 0.966 bits per heavy atom. The lowest BCUT2D eigenvalue weighted by Gasteiger charge is -2.19. The number of carbonyl (C=O) groups is 1. The van der Waals surface area contributed by atoms with E-state index >= 15 is 0 Å². The van der Waals surface area contributed by atoms with E-state index in [4.69, 9.17) is 14.2 Å². The van der Waals surface area contributed by atoms with Crippen LogP contribution in [0.15, 0.2) is 23.2 Å². The minimum Gasteiger partial charge on any atom is -0.493 e. The Labute approximate surface area is 174 Å². The minimum absolute atomic E-state index is 0.393. The molecule has 0 aromatic heterocycles. The largest absolute Gasteiger partial charge is 0.493 e. The van der Waals surface area contributed by atoms with Crippen LogP contribution in [-0.2, 0) is 11.2 Å². The van der Waals surface area contributed by atoms with Gasteiger partial charge in [0.1, 0.15) is 5.60 Å². The summed E-state index contributed by atoms with van der Waals surface area (Å²) in [6, 6.07) is 5.98. The van der Waals surface area contributed by atoms with Crippen LogP contribution in [0.4, 0.5) is 4.79 Å². The molecule has 1 amide bonds. The summed E-state index contributed by atoms with van der Waals surface area (Å²) in [5.74, 6) is 2.23. The van der Waals surface area contributed by atoms with Crippen molar-refractivity contribution in [2.75, 3.05) is 40.9 Å². The fraction of sp³-hybridized carbons (Fsp3) is 0.619. The van der Waals surface area contributed by atoms with Gasteiger partial charge in [-0.3, -0.25) is 4.99 Å². The van der Waals surface area contributed by atoms with Crippen molar-refractivity contribution in [2.45, 2.75) is 45.6 Å². The minimum atomic E-state index is -0.481. The first-order valence-electron chi connectivity index (χ1n) is 9.91. The fourth-order valence-electron chi connectivity index (χ4n) is 2.56. The highest BCUT2D eigenvalue weighted by Gasteiger charge is 2.15. The standard InChI is InChI=1S/C21H36N4O4/c1-21(2,3)29-20(26)25-14-8-13-24-19(22-4)23-12-7-9-16-10-11-17(27-5)18(15-16)28-6/h10-11,15H,7-9,12-14H2,1-6H3,(H,25,26)(H2,22,23,24). The third-order valence-corrected chi connectivity index (χ3v) is 3.92. The van der Waals surface area contributed by atoms with Crippen molar-refractivity contribution < 1.29 is 19.0 Å². The fourth-order valence-corrected chi connectivity index (χ4v) is 2.56. The highest BCUT2D eigenvalue weighted by Crippen LogP contribution is 2.27. The molecule has 1 aromatic carbocycles. The summed E-state index contributed by atoms with van der Waals surface area (Å²) in [4.78, 5) is 15.8. The van der Waals surface area contributed by atoms with Crippen LogP contribution >= 0.6 is 0 Å². The van der Waals surface area contributed by atoms with Crippen LogP contribution in [0.3, 0.4) is 0 Å². The molecule has 0 aliphatic rings. The van der Waals surface area contributed by atoms with Crippen LogP contribution in [0.2, 0.25) is 0 Å². The number of carbonyl (C=O) groups excluding carboxylic acids is 1. The van der Waals surface area contributed by atoms with Gasteiger partial charge in [-0.2, -0.15) is 0 Å². The molecule has 0 bridgehead atoms. The Hall–Kier alpha value is -2.64. The number of nitrogens with one attached hydrogen (secondary N) is 3. The molecule has 0 unspecified atom stereocenters. The molecular weight excluding hydrogens is 372 g/mol. The topological polar surface area (TPSA) is 93.2 Å². The highest BCUT2D eigenvalue weighted by molar-refractivity contribution is 5.79. The molecule has 8 nitrogen and oxygen atoms in total. The second kappa shape index (κ2) is 12.7. The van der Waals surface area contributed by atoms with Crippen LogP contribution in [0.5, 0.6) is 11.5 Å². The molecule has 8 heteroatoms. The summed E-state index contributed by atoms with van der Waals surface area (Å²) in [6.07, 6.45) is 2.25. The third kappa shape index (κ3) is 10.5. The van der Waals surface area contributed by atoms with Crippen molar-refractivity contribution in [1.29, 1.82) is 0 Å². The molecule has 0 aliphatic carbocycles. The van der Waals surface area contributed by atoms with E-state index in [0.717, 1.165) is 43.3 Å². The Balaban J connectivity index is 2.21. The summed E-state index contributed by atoms with van der Waals surface area (Å²) in [5.41, 5.74) is 0.714. The zero-order chi connectivity index (χ0) is 21.7. The molecule has 1 aromatic rings. The van der Waals surface area contributed by atoms with Gasteiger partial charge in [-0.15, -0.1) is 0 Å². The second-order valence-electron chi connectivity index (χ2n) is 7.50. The van der Waals surface area contributed by atoms with E-state index in [2.05, 4.69) is 20.9 Å². The molecular formula is C21H36N4O4. The average Bonchev–Trinajstić information content (AvgIpc) is 2.67. The number of aliphatic imine (C=N–C) groups is 1. The molecule has 0 saturated carbocycles. The normalized spacial score (nSPS) is 11.6. The van der Waals surface area contributed by atoms with E-state index in [1.54, 1.807) is 21.3 Å². The molecule has 0 saturated heterocycles. The Bertz CT molecular complexity index is 657. The third-order valence-electron chi connectivity index (χ3n) is 3.92. The molecule has 29 heavy (non-hydrogen) atoms. The van der Waals surface area contributed by atoms with Crippen LogP contribution in [0.1, 0.15) is 39.2 Å². The van der Waals surface area contributed by atoms with Gasteiger partial charge in [-0.05, 0) is 57.7 Å². The lowest BCUT2D eigenvalue weighted by Crippen LogP contribution is -2.39.